The van der Waals surface area contributed by atoms with Gasteiger partial charge in [-0.05, 0) is 85.4 Å². The van der Waals surface area contributed by atoms with Crippen LogP contribution in [0.15, 0.2) is 22.9 Å². The van der Waals surface area contributed by atoms with Crippen LogP contribution < -0.4 is 0 Å². The highest BCUT2D eigenvalue weighted by molar-refractivity contribution is 7.20. The van der Waals surface area contributed by atoms with Crippen LogP contribution in [0.25, 0.3) is 9.75 Å². The second-order valence-electron chi connectivity index (χ2n) is 7.47. The van der Waals surface area contributed by atoms with Crippen molar-refractivity contribution in [2.24, 2.45) is 0 Å². The zero-order chi connectivity index (χ0) is 19.0. The van der Waals surface area contributed by atoms with E-state index in [9.17, 15) is 0 Å². The van der Waals surface area contributed by atoms with E-state index in [0.29, 0.717) is 0 Å². The molecule has 2 fully saturated rings. The average Bonchev–Trinajstić information content (AvgIpc) is 3.39. The number of hydrogen-bond acceptors (Lipinski definition) is 6. The molecule has 4 nitrogen and oxygen atoms in total. The van der Waals surface area contributed by atoms with Crippen molar-refractivity contribution in [3.05, 3.63) is 34.0 Å². The van der Waals surface area contributed by atoms with Gasteiger partial charge in [0.15, 0.2) is 12.6 Å². The van der Waals surface area contributed by atoms with Gasteiger partial charge in [-0.2, -0.15) is 0 Å². The molecule has 0 aromatic carbocycles. The van der Waals surface area contributed by atoms with Crippen LogP contribution in [0.4, 0.5) is 0 Å². The summed E-state index contributed by atoms with van der Waals surface area (Å²) >= 11 is 3.64. The lowest BCUT2D eigenvalue weighted by Gasteiger charge is -2.22. The normalized spacial score (nSPS) is 23.1. The van der Waals surface area contributed by atoms with Gasteiger partial charge in [-0.3, -0.25) is 0 Å². The summed E-state index contributed by atoms with van der Waals surface area (Å²) in [5, 5.41) is 4.51. The highest BCUT2D eigenvalue weighted by atomic mass is 32.1. The van der Waals surface area contributed by atoms with Gasteiger partial charge in [-0.25, -0.2) is 0 Å². The Morgan fingerprint density at radius 1 is 0.750 bits per heavy atom. The van der Waals surface area contributed by atoms with Crippen molar-refractivity contribution >= 4 is 22.7 Å². The van der Waals surface area contributed by atoms with Gasteiger partial charge in [0.2, 0.25) is 0 Å². The number of ether oxygens (including phenoxy) is 4. The van der Waals surface area contributed by atoms with Crippen LogP contribution in [-0.4, -0.2) is 39.0 Å². The van der Waals surface area contributed by atoms with Gasteiger partial charge in [0.25, 0.3) is 0 Å². The highest BCUT2D eigenvalue weighted by Crippen LogP contribution is 2.33. The van der Waals surface area contributed by atoms with Gasteiger partial charge in [0.05, 0.1) is 13.2 Å². The molecular formula is C22H30O4S2. The lowest BCUT2D eigenvalue weighted by Crippen LogP contribution is -2.23. The summed E-state index contributed by atoms with van der Waals surface area (Å²) in [6, 6.07) is 4.61. The zero-order valence-corrected chi connectivity index (χ0v) is 18.0. The van der Waals surface area contributed by atoms with Crippen LogP contribution >= 0.6 is 22.7 Å². The molecule has 0 radical (unpaired) electrons. The predicted molar refractivity (Wildman–Crippen MR) is 114 cm³/mol. The Kier molecular flexibility index (Phi) is 7.95. The molecule has 2 aliphatic rings. The van der Waals surface area contributed by atoms with Crippen molar-refractivity contribution in [2.45, 2.75) is 63.9 Å². The third-order valence-corrected chi connectivity index (χ3v) is 7.37. The number of rotatable bonds is 9. The summed E-state index contributed by atoms with van der Waals surface area (Å²) in [5.74, 6) is 0. The molecule has 0 aliphatic carbocycles. The molecular weight excluding hydrogens is 392 g/mol. The Morgan fingerprint density at radius 2 is 1.25 bits per heavy atom. The van der Waals surface area contributed by atoms with Crippen molar-refractivity contribution in [1.82, 2.24) is 0 Å². The van der Waals surface area contributed by atoms with Crippen molar-refractivity contribution < 1.29 is 18.9 Å². The largest absolute Gasteiger partial charge is 0.353 e. The topological polar surface area (TPSA) is 36.9 Å². The van der Waals surface area contributed by atoms with Crippen molar-refractivity contribution in [3.63, 3.8) is 0 Å². The van der Waals surface area contributed by atoms with Gasteiger partial charge in [-0.15, -0.1) is 22.7 Å². The minimum absolute atomic E-state index is 0.00735. The lowest BCUT2D eigenvalue weighted by atomic mass is 10.2. The Balaban J connectivity index is 1.20. The summed E-state index contributed by atoms with van der Waals surface area (Å²) < 4.78 is 23.0. The first-order valence-electron chi connectivity index (χ1n) is 10.5. The fraction of sp³-hybridized carbons (Fsp3) is 0.636. The SMILES string of the molecule is c1sc(-c2cc(CCOC3CCCCO3)cs2)cc1CCOC1CCCCO1. The van der Waals surface area contributed by atoms with Crippen molar-refractivity contribution in [3.8, 4) is 9.75 Å². The van der Waals surface area contributed by atoms with E-state index >= 15 is 0 Å². The van der Waals surface area contributed by atoms with E-state index in [0.717, 1.165) is 65.0 Å². The predicted octanol–water partition coefficient (Wildman–Crippen LogP) is 5.65. The number of hydrogen-bond donors (Lipinski definition) is 0. The van der Waals surface area contributed by atoms with E-state index in [1.807, 2.05) is 22.7 Å². The molecule has 2 aromatic rings. The number of thiophene rings is 2. The van der Waals surface area contributed by atoms with Crippen LogP contribution in [0.2, 0.25) is 0 Å². The second-order valence-corrected chi connectivity index (χ2v) is 9.29. The molecule has 4 heterocycles. The van der Waals surface area contributed by atoms with E-state index in [-0.39, 0.29) is 12.6 Å². The molecule has 0 bridgehead atoms. The van der Waals surface area contributed by atoms with E-state index in [1.54, 1.807) is 0 Å². The average molecular weight is 423 g/mol. The molecule has 0 N–H and O–H groups in total. The zero-order valence-electron chi connectivity index (χ0n) is 16.4. The Hall–Kier alpha value is -0.760. The fourth-order valence-corrected chi connectivity index (χ4v) is 5.58. The molecule has 6 heteroatoms. The van der Waals surface area contributed by atoms with Crippen LogP contribution in [0.1, 0.15) is 49.7 Å². The van der Waals surface area contributed by atoms with Crippen LogP contribution in [-0.2, 0) is 31.8 Å². The summed E-state index contributed by atoms with van der Waals surface area (Å²) in [7, 11) is 0. The first-order chi connectivity index (χ1) is 13.9. The van der Waals surface area contributed by atoms with E-state index in [1.165, 1.54) is 33.7 Å². The summed E-state index contributed by atoms with van der Waals surface area (Å²) in [6.45, 7) is 3.15. The lowest BCUT2D eigenvalue weighted by molar-refractivity contribution is -0.161. The van der Waals surface area contributed by atoms with Gasteiger partial charge in [0, 0.05) is 23.0 Å². The van der Waals surface area contributed by atoms with Crippen LogP contribution in [0, 0.1) is 0 Å². The fourth-order valence-electron chi connectivity index (χ4n) is 3.57. The molecule has 2 saturated heterocycles. The molecule has 2 aromatic heterocycles. The smallest absolute Gasteiger partial charge is 0.157 e. The first-order valence-corrected chi connectivity index (χ1v) is 12.2. The van der Waals surface area contributed by atoms with E-state index in [2.05, 4.69) is 22.9 Å². The van der Waals surface area contributed by atoms with Crippen molar-refractivity contribution in [2.75, 3.05) is 26.4 Å². The summed E-state index contributed by atoms with van der Waals surface area (Å²) in [6.07, 6.45) is 8.73. The second kappa shape index (κ2) is 10.9. The van der Waals surface area contributed by atoms with Crippen molar-refractivity contribution in [1.29, 1.82) is 0 Å². The minimum atomic E-state index is 0.00735. The maximum atomic E-state index is 5.86. The standard InChI is InChI=1S/C22H30O4S2/c1-3-9-23-21(5-1)25-11-7-17-13-19(27-15-17)20-14-18(16-28-20)8-12-26-22-6-2-4-10-24-22/h13-16,21-22H,1-12H2. The monoisotopic (exact) mass is 422 g/mol. The van der Waals surface area contributed by atoms with Crippen LogP contribution in [0.3, 0.4) is 0 Å². The summed E-state index contributed by atoms with van der Waals surface area (Å²) in [5.41, 5.74) is 2.70. The molecule has 28 heavy (non-hydrogen) atoms. The third-order valence-electron chi connectivity index (χ3n) is 5.22. The maximum Gasteiger partial charge on any atom is 0.157 e. The molecule has 4 rings (SSSR count). The molecule has 2 aliphatic heterocycles. The van der Waals surface area contributed by atoms with Gasteiger partial charge in [0.1, 0.15) is 0 Å². The van der Waals surface area contributed by atoms with Gasteiger partial charge in [-0.1, -0.05) is 0 Å². The highest BCUT2D eigenvalue weighted by Gasteiger charge is 2.15. The van der Waals surface area contributed by atoms with Crippen LogP contribution in [0.5, 0.6) is 0 Å². The minimum Gasteiger partial charge on any atom is -0.353 e. The Bertz CT molecular complexity index is 639. The Morgan fingerprint density at radius 3 is 1.68 bits per heavy atom. The maximum absolute atomic E-state index is 5.86. The summed E-state index contributed by atoms with van der Waals surface area (Å²) in [4.78, 5) is 2.69. The third kappa shape index (κ3) is 6.12. The van der Waals surface area contributed by atoms with Gasteiger partial charge < -0.3 is 18.9 Å². The van der Waals surface area contributed by atoms with E-state index < -0.39 is 0 Å². The molecule has 154 valence electrons. The van der Waals surface area contributed by atoms with E-state index in [4.69, 9.17) is 18.9 Å². The molecule has 0 saturated carbocycles. The molecule has 2 unspecified atom stereocenters. The molecule has 2 atom stereocenters. The quantitative estimate of drug-likeness (QED) is 0.523. The molecule has 0 amide bonds. The van der Waals surface area contributed by atoms with Gasteiger partial charge >= 0.3 is 0 Å². The molecule has 0 spiro atoms. The first kappa shape index (κ1) is 20.5. The Labute approximate surface area is 175 Å².